The Morgan fingerprint density at radius 3 is 2.15 bits per heavy atom. The van der Waals surface area contributed by atoms with Crippen LogP contribution in [0.1, 0.15) is 95.1 Å². The average Bonchev–Trinajstić information content (AvgIpc) is 2.92. The summed E-state index contributed by atoms with van der Waals surface area (Å²) in [7, 11) is 0. The summed E-state index contributed by atoms with van der Waals surface area (Å²) in [6.07, 6.45) is 22.8. The molecule has 0 aliphatic heterocycles. The highest BCUT2D eigenvalue weighted by Gasteiger charge is 2.49. The zero-order valence-corrected chi connectivity index (χ0v) is 16.8. The minimum atomic E-state index is 0.290. The van der Waals surface area contributed by atoms with Crippen LogP contribution in [0.3, 0.4) is 0 Å². The Hall–Kier alpha value is -1.50. The van der Waals surface area contributed by atoms with Gasteiger partial charge in [-0.2, -0.15) is 0 Å². The van der Waals surface area contributed by atoms with Gasteiger partial charge in [-0.05, 0) is 42.0 Å². The summed E-state index contributed by atoms with van der Waals surface area (Å²) in [5, 5.41) is 0. The van der Waals surface area contributed by atoms with Crippen LogP contribution in [0, 0.1) is 5.92 Å². The van der Waals surface area contributed by atoms with Crippen LogP contribution in [0.15, 0.2) is 42.5 Å². The van der Waals surface area contributed by atoms with E-state index in [4.69, 9.17) is 5.73 Å². The topological polar surface area (TPSA) is 26.0 Å². The third-order valence-electron chi connectivity index (χ3n) is 6.70. The third kappa shape index (κ3) is 3.77. The minimum Gasteiger partial charge on any atom is -0.399 e. The van der Waals surface area contributed by atoms with E-state index in [-0.39, 0.29) is 5.41 Å². The van der Waals surface area contributed by atoms with Crippen molar-refractivity contribution in [2.45, 2.75) is 89.4 Å². The predicted molar refractivity (Wildman–Crippen MR) is 115 cm³/mol. The monoisotopic (exact) mass is 351 g/mol. The maximum Gasteiger partial charge on any atom is 0.0317 e. The molecule has 0 fully saturated rings. The van der Waals surface area contributed by atoms with Gasteiger partial charge in [0.05, 0.1) is 0 Å². The lowest BCUT2D eigenvalue weighted by atomic mass is 9.65. The van der Waals surface area contributed by atoms with Gasteiger partial charge in [-0.3, -0.25) is 0 Å². The van der Waals surface area contributed by atoms with E-state index in [0.717, 1.165) is 5.69 Å². The van der Waals surface area contributed by atoms with E-state index >= 15 is 0 Å². The van der Waals surface area contributed by atoms with E-state index in [1.54, 1.807) is 5.56 Å². The van der Waals surface area contributed by atoms with Crippen molar-refractivity contribution in [2.24, 2.45) is 5.92 Å². The Morgan fingerprint density at radius 2 is 1.50 bits per heavy atom. The number of nitrogen functional groups attached to an aromatic ring is 1. The molecule has 3 rings (SSSR count). The van der Waals surface area contributed by atoms with Crippen LogP contribution in [0.4, 0.5) is 5.69 Å². The quantitative estimate of drug-likeness (QED) is 0.347. The highest BCUT2D eigenvalue weighted by Crippen LogP contribution is 2.58. The molecule has 1 aromatic rings. The standard InChI is InChI=1S/C25H37N/c1-3-5-7-11-17-25(18-12-8-6-4-2)23-14-10-9-13-21(23)22-16-15-20(26)19-24(22)25/h9-10,13-16,19,21,23H,3-8,11-12,17-18,26H2,1-2H3. The fourth-order valence-electron chi connectivity index (χ4n) is 5.37. The van der Waals surface area contributed by atoms with Crippen LogP contribution in [0.5, 0.6) is 0 Å². The van der Waals surface area contributed by atoms with Gasteiger partial charge in [0.15, 0.2) is 0 Å². The van der Waals surface area contributed by atoms with Crippen molar-refractivity contribution >= 4 is 5.69 Å². The largest absolute Gasteiger partial charge is 0.399 e. The van der Waals surface area contributed by atoms with Gasteiger partial charge in [-0.25, -0.2) is 0 Å². The Kier molecular flexibility index (Phi) is 6.62. The fourth-order valence-corrected chi connectivity index (χ4v) is 5.37. The second kappa shape index (κ2) is 8.93. The molecule has 0 amide bonds. The predicted octanol–water partition coefficient (Wildman–Crippen LogP) is 7.29. The molecule has 1 heteroatoms. The molecule has 26 heavy (non-hydrogen) atoms. The van der Waals surface area contributed by atoms with Gasteiger partial charge in [0.1, 0.15) is 0 Å². The Morgan fingerprint density at radius 1 is 0.846 bits per heavy atom. The molecule has 0 saturated heterocycles. The van der Waals surface area contributed by atoms with Crippen molar-refractivity contribution in [3.8, 4) is 0 Å². The van der Waals surface area contributed by atoms with E-state index < -0.39 is 0 Å². The molecule has 1 nitrogen and oxygen atoms in total. The van der Waals surface area contributed by atoms with Crippen LogP contribution in [-0.2, 0) is 5.41 Å². The summed E-state index contributed by atoms with van der Waals surface area (Å²) in [6, 6.07) is 6.73. The van der Waals surface area contributed by atoms with Crippen molar-refractivity contribution in [1.29, 1.82) is 0 Å². The number of anilines is 1. The summed E-state index contributed by atoms with van der Waals surface area (Å²) in [5.41, 5.74) is 10.6. The molecule has 1 aromatic carbocycles. The Labute approximate surface area is 160 Å². The lowest BCUT2D eigenvalue weighted by molar-refractivity contribution is 0.264. The van der Waals surface area contributed by atoms with Crippen LogP contribution >= 0.6 is 0 Å². The summed E-state index contributed by atoms with van der Waals surface area (Å²) in [6.45, 7) is 4.60. The molecule has 0 saturated carbocycles. The van der Waals surface area contributed by atoms with E-state index in [1.165, 1.54) is 69.8 Å². The molecule has 2 N–H and O–H groups in total. The molecular formula is C25H37N. The molecule has 142 valence electrons. The lowest BCUT2D eigenvalue weighted by Crippen LogP contribution is -2.32. The molecule has 2 aliphatic rings. The zero-order chi connectivity index (χ0) is 18.4. The number of hydrogen-bond acceptors (Lipinski definition) is 1. The molecule has 2 unspecified atom stereocenters. The van der Waals surface area contributed by atoms with Crippen molar-refractivity contribution in [3.05, 3.63) is 53.6 Å². The van der Waals surface area contributed by atoms with Crippen molar-refractivity contribution < 1.29 is 0 Å². The number of hydrogen-bond donors (Lipinski definition) is 1. The van der Waals surface area contributed by atoms with Crippen molar-refractivity contribution in [1.82, 2.24) is 0 Å². The number of benzene rings is 1. The van der Waals surface area contributed by atoms with Gasteiger partial charge >= 0.3 is 0 Å². The van der Waals surface area contributed by atoms with Gasteiger partial charge in [-0.15, -0.1) is 0 Å². The fraction of sp³-hybridized carbons (Fsp3) is 0.600. The van der Waals surface area contributed by atoms with Crippen LogP contribution in [0.2, 0.25) is 0 Å². The van der Waals surface area contributed by atoms with E-state index in [1.807, 2.05) is 0 Å². The second-order valence-electron chi connectivity index (χ2n) is 8.45. The van der Waals surface area contributed by atoms with Crippen molar-refractivity contribution in [3.63, 3.8) is 0 Å². The summed E-state index contributed by atoms with van der Waals surface area (Å²) < 4.78 is 0. The molecular weight excluding hydrogens is 314 g/mol. The van der Waals surface area contributed by atoms with Gasteiger partial charge in [0, 0.05) is 17.0 Å². The molecule has 2 aliphatic carbocycles. The first-order chi connectivity index (χ1) is 12.7. The maximum absolute atomic E-state index is 6.26. The highest BCUT2D eigenvalue weighted by molar-refractivity contribution is 5.56. The average molecular weight is 352 g/mol. The normalized spacial score (nSPS) is 22.4. The van der Waals surface area contributed by atoms with Crippen LogP contribution in [-0.4, -0.2) is 0 Å². The van der Waals surface area contributed by atoms with Crippen LogP contribution in [0.25, 0.3) is 0 Å². The van der Waals surface area contributed by atoms with E-state index in [9.17, 15) is 0 Å². The molecule has 0 radical (unpaired) electrons. The Bertz CT molecular complexity index is 628. The third-order valence-corrected chi connectivity index (χ3v) is 6.70. The number of unbranched alkanes of at least 4 members (excludes halogenated alkanes) is 6. The molecule has 0 spiro atoms. The number of allylic oxidation sites excluding steroid dienone is 4. The van der Waals surface area contributed by atoms with Gasteiger partial charge in [0.25, 0.3) is 0 Å². The smallest absolute Gasteiger partial charge is 0.0317 e. The number of rotatable bonds is 10. The second-order valence-corrected chi connectivity index (χ2v) is 8.45. The first kappa shape index (κ1) is 19.3. The van der Waals surface area contributed by atoms with E-state index in [0.29, 0.717) is 11.8 Å². The first-order valence-electron chi connectivity index (χ1n) is 11.0. The van der Waals surface area contributed by atoms with Crippen LogP contribution < -0.4 is 5.73 Å². The van der Waals surface area contributed by atoms with E-state index in [2.05, 4.69) is 56.4 Å². The maximum atomic E-state index is 6.26. The summed E-state index contributed by atoms with van der Waals surface area (Å²) >= 11 is 0. The Balaban J connectivity index is 1.92. The molecule has 0 bridgehead atoms. The summed E-state index contributed by atoms with van der Waals surface area (Å²) in [5.74, 6) is 1.17. The highest BCUT2D eigenvalue weighted by atomic mass is 14.6. The molecule has 0 heterocycles. The summed E-state index contributed by atoms with van der Waals surface area (Å²) in [4.78, 5) is 0. The van der Waals surface area contributed by atoms with Gasteiger partial charge in [-0.1, -0.05) is 95.6 Å². The minimum absolute atomic E-state index is 0.290. The molecule has 0 aromatic heterocycles. The first-order valence-corrected chi connectivity index (χ1v) is 11.0. The zero-order valence-electron chi connectivity index (χ0n) is 16.8. The molecule has 2 atom stereocenters. The number of nitrogens with two attached hydrogens (primary N) is 1. The lowest BCUT2D eigenvalue weighted by Gasteiger charge is -2.38. The van der Waals surface area contributed by atoms with Crippen molar-refractivity contribution in [2.75, 3.05) is 5.73 Å². The van der Waals surface area contributed by atoms with Gasteiger partial charge in [0.2, 0.25) is 0 Å². The number of fused-ring (bicyclic) bond motifs is 3. The van der Waals surface area contributed by atoms with Gasteiger partial charge < -0.3 is 5.73 Å². The SMILES string of the molecule is CCCCCCC1(CCCCCC)c2cc(N)ccc2C2C=CC=CC21.